The summed E-state index contributed by atoms with van der Waals surface area (Å²) in [5, 5.41) is 0.577. The first-order valence-electron chi connectivity index (χ1n) is 6.95. The molecule has 1 amide bonds. The molecule has 1 aliphatic rings. The monoisotopic (exact) mass is 271 g/mol. The summed E-state index contributed by atoms with van der Waals surface area (Å²) in [6.45, 7) is 2.94. The highest BCUT2D eigenvalue weighted by atomic mass is 16.2. The largest absolute Gasteiger partial charge is 0.335 e. The van der Waals surface area contributed by atoms with Gasteiger partial charge in [-0.1, -0.05) is 12.1 Å². The normalized spacial score (nSPS) is 14.4. The minimum Gasteiger partial charge on any atom is -0.335 e. The molecule has 0 atom stereocenters. The van der Waals surface area contributed by atoms with Crippen molar-refractivity contribution in [3.05, 3.63) is 40.4 Å². The molecule has 5 heteroatoms. The van der Waals surface area contributed by atoms with Gasteiger partial charge in [0.2, 0.25) is 5.91 Å². The number of carbonyl (C=O) groups is 1. The van der Waals surface area contributed by atoms with Gasteiger partial charge in [-0.3, -0.25) is 9.59 Å². The van der Waals surface area contributed by atoms with Gasteiger partial charge in [0.1, 0.15) is 5.82 Å². The van der Waals surface area contributed by atoms with E-state index in [9.17, 15) is 9.59 Å². The lowest BCUT2D eigenvalue weighted by Crippen LogP contribution is -2.33. The zero-order valence-electron chi connectivity index (χ0n) is 11.4. The predicted molar refractivity (Wildman–Crippen MR) is 76.2 cm³/mol. The minimum absolute atomic E-state index is 0.152. The Kier molecular flexibility index (Phi) is 3.26. The van der Waals surface area contributed by atoms with E-state index in [0.717, 1.165) is 12.8 Å². The Morgan fingerprint density at radius 3 is 2.85 bits per heavy atom. The second kappa shape index (κ2) is 5.07. The molecule has 0 radical (unpaired) electrons. The SMILES string of the molecule is CCN(Cc1nc2ccccc2c(=O)[nH]1)C(=O)C1CC1. The molecule has 0 spiro atoms. The number of H-pyrrole nitrogens is 1. The van der Waals surface area contributed by atoms with Gasteiger partial charge in [0.05, 0.1) is 17.4 Å². The topological polar surface area (TPSA) is 66.1 Å². The first-order valence-corrected chi connectivity index (χ1v) is 6.95. The van der Waals surface area contributed by atoms with E-state index in [0.29, 0.717) is 29.8 Å². The number of hydrogen-bond acceptors (Lipinski definition) is 3. The van der Waals surface area contributed by atoms with Crippen molar-refractivity contribution in [1.29, 1.82) is 0 Å². The van der Waals surface area contributed by atoms with Crippen LogP contribution in [0.4, 0.5) is 0 Å². The zero-order chi connectivity index (χ0) is 14.1. The third-order valence-corrected chi connectivity index (χ3v) is 3.62. The van der Waals surface area contributed by atoms with Crippen molar-refractivity contribution < 1.29 is 4.79 Å². The quantitative estimate of drug-likeness (QED) is 0.920. The van der Waals surface area contributed by atoms with Gasteiger partial charge in [0.25, 0.3) is 5.56 Å². The van der Waals surface area contributed by atoms with Gasteiger partial charge in [-0.15, -0.1) is 0 Å². The van der Waals surface area contributed by atoms with E-state index < -0.39 is 0 Å². The van der Waals surface area contributed by atoms with Gasteiger partial charge < -0.3 is 9.88 Å². The van der Waals surface area contributed by atoms with Crippen molar-refractivity contribution in [1.82, 2.24) is 14.9 Å². The van der Waals surface area contributed by atoms with Crippen molar-refractivity contribution in [2.75, 3.05) is 6.54 Å². The Labute approximate surface area is 116 Å². The fourth-order valence-electron chi connectivity index (χ4n) is 2.32. The Morgan fingerprint density at radius 1 is 1.40 bits per heavy atom. The van der Waals surface area contributed by atoms with E-state index >= 15 is 0 Å². The molecule has 20 heavy (non-hydrogen) atoms. The summed E-state index contributed by atoms with van der Waals surface area (Å²) in [5.74, 6) is 0.898. The van der Waals surface area contributed by atoms with Gasteiger partial charge in [0.15, 0.2) is 0 Å². The Morgan fingerprint density at radius 2 is 2.15 bits per heavy atom. The molecule has 0 saturated heterocycles. The van der Waals surface area contributed by atoms with Crippen LogP contribution in [0.25, 0.3) is 10.9 Å². The number of fused-ring (bicyclic) bond motifs is 1. The van der Waals surface area contributed by atoms with Crippen LogP contribution in [0.15, 0.2) is 29.1 Å². The fourth-order valence-corrected chi connectivity index (χ4v) is 2.32. The van der Waals surface area contributed by atoms with Crippen LogP contribution < -0.4 is 5.56 Å². The van der Waals surface area contributed by atoms with Crippen LogP contribution in [0.5, 0.6) is 0 Å². The number of aromatic amines is 1. The molecule has 1 heterocycles. The highest BCUT2D eigenvalue weighted by Crippen LogP contribution is 2.31. The van der Waals surface area contributed by atoms with Gasteiger partial charge in [0, 0.05) is 12.5 Å². The van der Waals surface area contributed by atoms with Crippen molar-refractivity contribution >= 4 is 16.8 Å². The summed E-state index contributed by atoms with van der Waals surface area (Å²) in [6, 6.07) is 7.23. The summed E-state index contributed by atoms with van der Waals surface area (Å²) in [6.07, 6.45) is 1.97. The Bertz CT molecular complexity index is 704. The molecule has 104 valence electrons. The van der Waals surface area contributed by atoms with Crippen LogP contribution in [-0.2, 0) is 11.3 Å². The second-order valence-electron chi connectivity index (χ2n) is 5.16. The standard InChI is InChI=1S/C15H17N3O2/c1-2-18(15(20)10-7-8-10)9-13-16-12-6-4-3-5-11(12)14(19)17-13/h3-6,10H,2,7-9H2,1H3,(H,16,17,19). The number of amides is 1. The molecular formula is C15H17N3O2. The number of rotatable bonds is 4. The molecule has 0 aliphatic heterocycles. The summed E-state index contributed by atoms with van der Waals surface area (Å²) < 4.78 is 0. The third kappa shape index (κ3) is 2.43. The predicted octanol–water partition coefficient (Wildman–Crippen LogP) is 1.68. The van der Waals surface area contributed by atoms with Gasteiger partial charge in [-0.05, 0) is 31.9 Å². The van der Waals surface area contributed by atoms with Gasteiger partial charge >= 0.3 is 0 Å². The number of nitrogens with zero attached hydrogens (tertiary/aromatic N) is 2. The first kappa shape index (κ1) is 12.8. The van der Waals surface area contributed by atoms with E-state index in [2.05, 4.69) is 9.97 Å². The maximum atomic E-state index is 12.1. The van der Waals surface area contributed by atoms with E-state index in [1.165, 1.54) is 0 Å². The molecule has 1 aromatic carbocycles. The second-order valence-corrected chi connectivity index (χ2v) is 5.16. The lowest BCUT2D eigenvalue weighted by molar-refractivity contribution is -0.133. The van der Waals surface area contributed by atoms with Crippen molar-refractivity contribution in [2.45, 2.75) is 26.3 Å². The summed E-state index contributed by atoms with van der Waals surface area (Å²) in [7, 11) is 0. The molecule has 1 saturated carbocycles. The molecule has 1 fully saturated rings. The summed E-state index contributed by atoms with van der Waals surface area (Å²) in [4.78, 5) is 33.0. The molecule has 1 N–H and O–H groups in total. The van der Waals surface area contributed by atoms with E-state index in [1.807, 2.05) is 25.1 Å². The van der Waals surface area contributed by atoms with Crippen LogP contribution in [0, 0.1) is 5.92 Å². The van der Waals surface area contributed by atoms with Crippen LogP contribution in [0.1, 0.15) is 25.6 Å². The minimum atomic E-state index is -0.152. The maximum Gasteiger partial charge on any atom is 0.258 e. The summed E-state index contributed by atoms with van der Waals surface area (Å²) >= 11 is 0. The van der Waals surface area contributed by atoms with Crippen molar-refractivity contribution in [2.24, 2.45) is 5.92 Å². The average molecular weight is 271 g/mol. The molecule has 1 aromatic heterocycles. The molecule has 0 unspecified atom stereocenters. The highest BCUT2D eigenvalue weighted by Gasteiger charge is 2.33. The van der Waals surface area contributed by atoms with Crippen LogP contribution in [-0.4, -0.2) is 27.3 Å². The fraction of sp³-hybridized carbons (Fsp3) is 0.400. The number of nitrogens with one attached hydrogen (secondary N) is 1. The number of benzene rings is 1. The van der Waals surface area contributed by atoms with E-state index in [-0.39, 0.29) is 17.4 Å². The zero-order valence-corrected chi connectivity index (χ0v) is 11.4. The molecule has 1 aliphatic carbocycles. The third-order valence-electron chi connectivity index (χ3n) is 3.62. The molecule has 3 rings (SSSR count). The number of aromatic nitrogens is 2. The molecule has 5 nitrogen and oxygen atoms in total. The summed E-state index contributed by atoms with van der Waals surface area (Å²) in [5.41, 5.74) is 0.515. The Balaban J connectivity index is 1.89. The van der Waals surface area contributed by atoms with Gasteiger partial charge in [-0.2, -0.15) is 0 Å². The Hall–Kier alpha value is -2.17. The van der Waals surface area contributed by atoms with E-state index in [4.69, 9.17) is 0 Å². The first-order chi connectivity index (χ1) is 9.69. The smallest absolute Gasteiger partial charge is 0.258 e. The van der Waals surface area contributed by atoms with Crippen LogP contribution >= 0.6 is 0 Å². The van der Waals surface area contributed by atoms with Crippen molar-refractivity contribution in [3.63, 3.8) is 0 Å². The molecular weight excluding hydrogens is 254 g/mol. The number of hydrogen-bond donors (Lipinski definition) is 1. The van der Waals surface area contributed by atoms with Gasteiger partial charge in [-0.25, -0.2) is 4.98 Å². The number of carbonyl (C=O) groups excluding carboxylic acids is 1. The van der Waals surface area contributed by atoms with Crippen molar-refractivity contribution in [3.8, 4) is 0 Å². The average Bonchev–Trinajstić information content (AvgIpc) is 3.29. The maximum absolute atomic E-state index is 12.1. The molecule has 2 aromatic rings. The van der Waals surface area contributed by atoms with E-state index in [1.54, 1.807) is 11.0 Å². The van der Waals surface area contributed by atoms with Crippen LogP contribution in [0.2, 0.25) is 0 Å². The highest BCUT2D eigenvalue weighted by molar-refractivity contribution is 5.81. The lowest BCUT2D eigenvalue weighted by Gasteiger charge is -2.20. The van der Waals surface area contributed by atoms with Crippen LogP contribution in [0.3, 0.4) is 0 Å². The molecule has 0 bridgehead atoms. The number of para-hydroxylation sites is 1. The lowest BCUT2D eigenvalue weighted by atomic mass is 10.2.